The molecule has 1 unspecified atom stereocenters. The molecule has 100 valence electrons. The van der Waals surface area contributed by atoms with Crippen LogP contribution in [0.2, 0.25) is 0 Å². The highest BCUT2D eigenvalue weighted by molar-refractivity contribution is 5.72. The first-order valence-electron chi connectivity index (χ1n) is 6.06. The van der Waals surface area contributed by atoms with E-state index >= 15 is 0 Å². The first kappa shape index (κ1) is 18.2. The molecular formula is C13H26N2O2. The number of rotatable bonds is 8. The highest BCUT2D eigenvalue weighted by atomic mass is 16.4. The van der Waals surface area contributed by atoms with Gasteiger partial charge < -0.3 is 16.6 Å². The predicted octanol–water partition coefficient (Wildman–Crippen LogP) is 2.06. The van der Waals surface area contributed by atoms with Crippen LogP contribution < -0.4 is 11.5 Å². The second kappa shape index (κ2) is 14.9. The molecule has 17 heavy (non-hydrogen) atoms. The molecule has 0 aromatic rings. The molecule has 5 N–H and O–H groups in total. The Balaban J connectivity index is 0. The topological polar surface area (TPSA) is 89.3 Å². The van der Waals surface area contributed by atoms with E-state index < -0.39 is 12.0 Å². The van der Waals surface area contributed by atoms with Crippen LogP contribution in [-0.2, 0) is 4.79 Å². The van der Waals surface area contributed by atoms with E-state index in [0.29, 0.717) is 13.0 Å². The van der Waals surface area contributed by atoms with Gasteiger partial charge in [-0.3, -0.25) is 4.79 Å². The maximum atomic E-state index is 10.1. The summed E-state index contributed by atoms with van der Waals surface area (Å²) in [6.07, 6.45) is 10.5. The minimum absolute atomic E-state index is 0.520. The van der Waals surface area contributed by atoms with Crippen molar-refractivity contribution in [3.05, 3.63) is 24.8 Å². The van der Waals surface area contributed by atoms with Gasteiger partial charge in [-0.1, -0.05) is 44.6 Å². The number of hydrogen-bond acceptors (Lipinski definition) is 3. The molecule has 0 heterocycles. The van der Waals surface area contributed by atoms with E-state index in [1.165, 1.54) is 12.8 Å². The lowest BCUT2D eigenvalue weighted by atomic mass is 10.1. The van der Waals surface area contributed by atoms with Gasteiger partial charge in [-0.15, -0.1) is 0 Å². The minimum Gasteiger partial charge on any atom is -0.480 e. The molecule has 4 nitrogen and oxygen atoms in total. The van der Waals surface area contributed by atoms with Crippen molar-refractivity contribution in [2.75, 3.05) is 6.54 Å². The molecule has 0 bridgehead atoms. The summed E-state index contributed by atoms with van der Waals surface area (Å²) < 4.78 is 0. The van der Waals surface area contributed by atoms with Gasteiger partial charge in [0, 0.05) is 0 Å². The van der Waals surface area contributed by atoms with Crippen molar-refractivity contribution in [2.45, 2.75) is 45.1 Å². The Hall–Kier alpha value is -1.13. The van der Waals surface area contributed by atoms with E-state index in [4.69, 9.17) is 16.6 Å². The zero-order valence-electron chi connectivity index (χ0n) is 10.8. The Morgan fingerprint density at radius 1 is 1.47 bits per heavy atom. The molecular weight excluding hydrogens is 216 g/mol. The SMILES string of the molecule is C=CC=CCCC.NCCCCC(N)C(=O)O. The monoisotopic (exact) mass is 242 g/mol. The summed E-state index contributed by atoms with van der Waals surface area (Å²) in [7, 11) is 0. The molecule has 0 aliphatic heterocycles. The van der Waals surface area contributed by atoms with Gasteiger partial charge in [0.1, 0.15) is 6.04 Å². The van der Waals surface area contributed by atoms with E-state index in [-0.39, 0.29) is 0 Å². The highest BCUT2D eigenvalue weighted by Gasteiger charge is 2.09. The predicted molar refractivity (Wildman–Crippen MR) is 72.8 cm³/mol. The van der Waals surface area contributed by atoms with Gasteiger partial charge in [0.25, 0.3) is 0 Å². The summed E-state index contributed by atoms with van der Waals surface area (Å²) in [4.78, 5) is 10.1. The van der Waals surface area contributed by atoms with Crippen molar-refractivity contribution < 1.29 is 9.90 Å². The van der Waals surface area contributed by atoms with Crippen LogP contribution >= 0.6 is 0 Å². The standard InChI is InChI=1S/C7H12.C6H14N2O2/c1-3-5-7-6-4-2;7-4-2-1-3-5(8)6(9)10/h3,5,7H,1,4,6H2,2H3;5H,1-4,7-8H2,(H,9,10). The Kier molecular flexibility index (Phi) is 16.0. The smallest absolute Gasteiger partial charge is 0.320 e. The summed E-state index contributed by atoms with van der Waals surface area (Å²) in [5, 5.41) is 8.33. The molecule has 0 aromatic heterocycles. The fourth-order valence-electron chi connectivity index (χ4n) is 0.991. The largest absolute Gasteiger partial charge is 0.480 e. The first-order chi connectivity index (χ1) is 8.09. The lowest BCUT2D eigenvalue weighted by Gasteiger charge is -2.03. The second-order valence-electron chi connectivity index (χ2n) is 3.68. The number of carboxylic acids is 1. The molecule has 0 aromatic carbocycles. The molecule has 0 spiro atoms. The van der Waals surface area contributed by atoms with Crippen LogP contribution in [0.1, 0.15) is 39.0 Å². The average Bonchev–Trinajstić information content (AvgIpc) is 2.30. The zero-order valence-corrected chi connectivity index (χ0v) is 10.8. The molecule has 0 saturated heterocycles. The maximum Gasteiger partial charge on any atom is 0.320 e. The summed E-state index contributed by atoms with van der Waals surface area (Å²) >= 11 is 0. The number of nitrogens with two attached hydrogens (primary N) is 2. The van der Waals surface area contributed by atoms with E-state index in [2.05, 4.69) is 19.6 Å². The van der Waals surface area contributed by atoms with Gasteiger partial charge in [0.05, 0.1) is 0 Å². The Morgan fingerprint density at radius 2 is 2.12 bits per heavy atom. The van der Waals surface area contributed by atoms with Gasteiger partial charge >= 0.3 is 5.97 Å². The summed E-state index contributed by atoms with van der Waals surface area (Å²) in [6, 6.07) is -0.716. The average molecular weight is 242 g/mol. The lowest BCUT2D eigenvalue weighted by Crippen LogP contribution is -2.29. The van der Waals surface area contributed by atoms with Gasteiger partial charge in [0.2, 0.25) is 0 Å². The second-order valence-corrected chi connectivity index (χ2v) is 3.68. The van der Waals surface area contributed by atoms with E-state index in [0.717, 1.165) is 12.8 Å². The van der Waals surface area contributed by atoms with Crippen molar-refractivity contribution in [3.63, 3.8) is 0 Å². The fraction of sp³-hybridized carbons (Fsp3) is 0.615. The van der Waals surface area contributed by atoms with Crippen LogP contribution in [0.4, 0.5) is 0 Å². The molecule has 0 amide bonds. The minimum atomic E-state index is -0.933. The molecule has 0 radical (unpaired) electrons. The Bertz CT molecular complexity index is 215. The summed E-state index contributed by atoms with van der Waals surface area (Å²) in [6.45, 7) is 6.31. The molecule has 0 aliphatic rings. The van der Waals surface area contributed by atoms with Gasteiger partial charge in [-0.25, -0.2) is 0 Å². The third-order valence-electron chi connectivity index (χ3n) is 2.01. The lowest BCUT2D eigenvalue weighted by molar-refractivity contribution is -0.138. The summed E-state index contributed by atoms with van der Waals surface area (Å²) in [5.74, 6) is -0.933. The van der Waals surface area contributed by atoms with Crippen LogP contribution in [0.3, 0.4) is 0 Å². The van der Waals surface area contributed by atoms with E-state index in [1.807, 2.05) is 6.08 Å². The van der Waals surface area contributed by atoms with Crippen LogP contribution in [0.5, 0.6) is 0 Å². The fourth-order valence-corrected chi connectivity index (χ4v) is 0.991. The maximum absolute atomic E-state index is 10.1. The van der Waals surface area contributed by atoms with Crippen molar-refractivity contribution in [1.29, 1.82) is 0 Å². The van der Waals surface area contributed by atoms with Crippen molar-refractivity contribution in [2.24, 2.45) is 11.5 Å². The van der Waals surface area contributed by atoms with Crippen LogP contribution in [0.25, 0.3) is 0 Å². The quantitative estimate of drug-likeness (QED) is 0.449. The Morgan fingerprint density at radius 3 is 2.53 bits per heavy atom. The number of unbranched alkanes of at least 4 members (excludes halogenated alkanes) is 2. The van der Waals surface area contributed by atoms with Crippen LogP contribution in [0.15, 0.2) is 24.8 Å². The van der Waals surface area contributed by atoms with Crippen molar-refractivity contribution in [1.82, 2.24) is 0 Å². The molecule has 0 fully saturated rings. The molecule has 0 rings (SSSR count). The van der Waals surface area contributed by atoms with E-state index in [9.17, 15) is 4.79 Å². The molecule has 1 atom stereocenters. The number of hydrogen-bond donors (Lipinski definition) is 3. The number of aliphatic carboxylic acids is 1. The zero-order chi connectivity index (χ0) is 13.5. The number of carboxylic acid groups (broad SMARTS) is 1. The van der Waals surface area contributed by atoms with Crippen LogP contribution in [-0.4, -0.2) is 23.7 Å². The normalized spacial score (nSPS) is 11.7. The third-order valence-corrected chi connectivity index (χ3v) is 2.01. The number of allylic oxidation sites excluding steroid dienone is 3. The molecule has 4 heteroatoms. The van der Waals surface area contributed by atoms with E-state index in [1.54, 1.807) is 6.08 Å². The van der Waals surface area contributed by atoms with Gasteiger partial charge in [0.15, 0.2) is 0 Å². The van der Waals surface area contributed by atoms with Crippen molar-refractivity contribution in [3.8, 4) is 0 Å². The highest BCUT2D eigenvalue weighted by Crippen LogP contribution is 1.96. The third kappa shape index (κ3) is 17.5. The van der Waals surface area contributed by atoms with Crippen LogP contribution in [0, 0.1) is 0 Å². The summed E-state index contributed by atoms with van der Waals surface area (Å²) in [5.41, 5.74) is 10.4. The molecule has 0 aliphatic carbocycles. The molecule has 0 saturated carbocycles. The van der Waals surface area contributed by atoms with Crippen molar-refractivity contribution >= 4 is 5.97 Å². The Labute approximate surface area is 104 Å². The number of carbonyl (C=O) groups is 1. The first-order valence-corrected chi connectivity index (χ1v) is 6.06. The van der Waals surface area contributed by atoms with Gasteiger partial charge in [-0.2, -0.15) is 0 Å². The van der Waals surface area contributed by atoms with Gasteiger partial charge in [-0.05, 0) is 25.8 Å².